The van der Waals surface area contributed by atoms with Crippen LogP contribution in [0.4, 0.5) is 0 Å². The van der Waals surface area contributed by atoms with Gasteiger partial charge >= 0.3 is 0 Å². The predicted octanol–water partition coefficient (Wildman–Crippen LogP) is 5.68. The van der Waals surface area contributed by atoms with Gasteiger partial charge in [0.2, 0.25) is 0 Å². The number of carbonyl (C=O) groups excluding carboxylic acids is 1. The van der Waals surface area contributed by atoms with E-state index in [0.29, 0.717) is 5.76 Å². The van der Waals surface area contributed by atoms with Crippen LogP contribution in [-0.4, -0.2) is 12.4 Å². The highest BCUT2D eigenvalue weighted by Gasteiger charge is 2.14. The van der Waals surface area contributed by atoms with Crippen molar-refractivity contribution in [1.82, 2.24) is 0 Å². The van der Waals surface area contributed by atoms with E-state index in [4.69, 9.17) is 9.15 Å². The number of ketones is 1. The molecule has 0 fully saturated rings. The van der Waals surface area contributed by atoms with Gasteiger partial charge in [-0.1, -0.05) is 39.0 Å². The van der Waals surface area contributed by atoms with E-state index in [1.807, 2.05) is 25.1 Å². The molecule has 0 amide bonds. The van der Waals surface area contributed by atoms with E-state index in [0.717, 1.165) is 35.3 Å². The second-order valence-corrected chi connectivity index (χ2v) is 5.89. The van der Waals surface area contributed by atoms with Crippen LogP contribution in [0.25, 0.3) is 11.0 Å². The molecule has 0 aliphatic rings. The van der Waals surface area contributed by atoms with E-state index in [9.17, 15) is 4.79 Å². The Hall–Kier alpha value is -1.77. The molecular formula is C19H26O3. The van der Waals surface area contributed by atoms with Crippen molar-refractivity contribution in [1.29, 1.82) is 0 Å². The molecule has 120 valence electrons. The molecule has 3 heteroatoms. The van der Waals surface area contributed by atoms with Gasteiger partial charge in [0, 0.05) is 17.9 Å². The molecule has 1 heterocycles. The summed E-state index contributed by atoms with van der Waals surface area (Å²) in [5.41, 5.74) is 1.64. The van der Waals surface area contributed by atoms with Gasteiger partial charge in [0.05, 0.1) is 6.61 Å². The smallest absolute Gasteiger partial charge is 0.195 e. The molecule has 2 rings (SSSR count). The number of ether oxygens (including phenoxy) is 1. The first-order valence-corrected chi connectivity index (χ1v) is 8.30. The molecule has 3 nitrogen and oxygen atoms in total. The zero-order chi connectivity index (χ0) is 15.9. The van der Waals surface area contributed by atoms with Crippen LogP contribution in [0, 0.1) is 6.92 Å². The third-order valence-electron chi connectivity index (χ3n) is 3.99. The summed E-state index contributed by atoms with van der Waals surface area (Å²) in [5.74, 6) is 1.26. The number of rotatable bonds is 9. The molecule has 0 bridgehead atoms. The molecule has 0 spiro atoms. The second-order valence-electron chi connectivity index (χ2n) is 5.89. The molecule has 1 aromatic heterocycles. The molecule has 0 aliphatic carbocycles. The molecule has 1 aromatic carbocycles. The standard InChI is InChI=1S/C19H26O3/c1-4-5-6-7-8-9-12-21-16-10-11-18-17(13-16)14(2)19(22-18)15(3)20/h10-11,13H,4-9,12H2,1-3H3. The first-order chi connectivity index (χ1) is 10.6. The van der Waals surface area contributed by atoms with Gasteiger partial charge in [0.1, 0.15) is 11.3 Å². The van der Waals surface area contributed by atoms with E-state index < -0.39 is 0 Å². The molecule has 22 heavy (non-hydrogen) atoms. The monoisotopic (exact) mass is 302 g/mol. The summed E-state index contributed by atoms with van der Waals surface area (Å²) in [6.07, 6.45) is 7.54. The Kier molecular flexibility index (Phi) is 6.05. The summed E-state index contributed by atoms with van der Waals surface area (Å²) in [7, 11) is 0. The lowest BCUT2D eigenvalue weighted by Crippen LogP contribution is -1.97. The summed E-state index contributed by atoms with van der Waals surface area (Å²) < 4.78 is 11.4. The fraction of sp³-hybridized carbons (Fsp3) is 0.526. The molecule has 0 saturated heterocycles. The van der Waals surface area contributed by atoms with Gasteiger partial charge in [-0.05, 0) is 31.5 Å². The minimum absolute atomic E-state index is 0.0387. The summed E-state index contributed by atoms with van der Waals surface area (Å²) in [6, 6.07) is 5.76. The Bertz CT molecular complexity index is 625. The van der Waals surface area contributed by atoms with Crippen molar-refractivity contribution < 1.29 is 13.9 Å². The van der Waals surface area contributed by atoms with Crippen LogP contribution in [0.2, 0.25) is 0 Å². The van der Waals surface area contributed by atoms with Gasteiger partial charge in [0.15, 0.2) is 11.5 Å². The highest BCUT2D eigenvalue weighted by Crippen LogP contribution is 2.29. The van der Waals surface area contributed by atoms with Crippen molar-refractivity contribution in [3.63, 3.8) is 0 Å². The van der Waals surface area contributed by atoms with E-state index in [-0.39, 0.29) is 5.78 Å². The van der Waals surface area contributed by atoms with Crippen molar-refractivity contribution in [2.75, 3.05) is 6.61 Å². The van der Waals surface area contributed by atoms with E-state index in [2.05, 4.69) is 6.92 Å². The zero-order valence-corrected chi connectivity index (χ0v) is 13.9. The number of hydrogen-bond donors (Lipinski definition) is 0. The van der Waals surface area contributed by atoms with Gasteiger partial charge in [-0.3, -0.25) is 4.79 Å². The first kappa shape index (κ1) is 16.6. The van der Waals surface area contributed by atoms with Crippen molar-refractivity contribution in [3.05, 3.63) is 29.5 Å². The van der Waals surface area contributed by atoms with Crippen LogP contribution >= 0.6 is 0 Å². The molecule has 0 atom stereocenters. The summed E-state index contributed by atoms with van der Waals surface area (Å²) in [6.45, 7) is 6.42. The third-order valence-corrected chi connectivity index (χ3v) is 3.99. The Morgan fingerprint density at radius 3 is 2.59 bits per heavy atom. The van der Waals surface area contributed by atoms with Crippen molar-refractivity contribution in [3.8, 4) is 5.75 Å². The normalized spacial score (nSPS) is 11.0. The molecule has 0 saturated carbocycles. The van der Waals surface area contributed by atoms with Crippen LogP contribution in [0.15, 0.2) is 22.6 Å². The maximum atomic E-state index is 11.5. The van der Waals surface area contributed by atoms with Crippen molar-refractivity contribution in [2.45, 2.75) is 59.3 Å². The SMILES string of the molecule is CCCCCCCCOc1ccc2oc(C(C)=O)c(C)c2c1. The van der Waals surface area contributed by atoms with Gasteiger partial charge < -0.3 is 9.15 Å². The predicted molar refractivity (Wildman–Crippen MR) is 89.8 cm³/mol. The summed E-state index contributed by atoms with van der Waals surface area (Å²) in [4.78, 5) is 11.5. The van der Waals surface area contributed by atoms with Gasteiger partial charge in [0.25, 0.3) is 0 Å². The molecule has 0 radical (unpaired) electrons. The van der Waals surface area contributed by atoms with Crippen LogP contribution < -0.4 is 4.74 Å². The number of benzene rings is 1. The molecular weight excluding hydrogens is 276 g/mol. The van der Waals surface area contributed by atoms with Crippen LogP contribution in [-0.2, 0) is 0 Å². The number of carbonyl (C=O) groups is 1. The maximum absolute atomic E-state index is 11.5. The Morgan fingerprint density at radius 2 is 1.86 bits per heavy atom. The quantitative estimate of drug-likeness (QED) is 0.441. The topological polar surface area (TPSA) is 39.4 Å². The minimum Gasteiger partial charge on any atom is -0.494 e. The molecule has 0 N–H and O–H groups in total. The number of fused-ring (bicyclic) bond motifs is 1. The molecule has 2 aromatic rings. The number of Topliss-reactive ketones (excluding diaryl/α,β-unsaturated/α-hetero) is 1. The van der Waals surface area contributed by atoms with Crippen LogP contribution in [0.5, 0.6) is 5.75 Å². The van der Waals surface area contributed by atoms with Crippen LogP contribution in [0.3, 0.4) is 0 Å². The van der Waals surface area contributed by atoms with Gasteiger partial charge in [-0.25, -0.2) is 0 Å². The Balaban J connectivity index is 1.90. The highest BCUT2D eigenvalue weighted by molar-refractivity contribution is 5.99. The minimum atomic E-state index is -0.0387. The number of hydrogen-bond acceptors (Lipinski definition) is 3. The van der Waals surface area contributed by atoms with Crippen molar-refractivity contribution in [2.24, 2.45) is 0 Å². The van der Waals surface area contributed by atoms with Crippen LogP contribution in [0.1, 0.15) is 68.5 Å². The largest absolute Gasteiger partial charge is 0.494 e. The fourth-order valence-corrected chi connectivity index (χ4v) is 2.70. The molecule has 0 unspecified atom stereocenters. The Morgan fingerprint density at radius 1 is 1.14 bits per heavy atom. The third kappa shape index (κ3) is 4.12. The van der Waals surface area contributed by atoms with Crippen molar-refractivity contribution >= 4 is 16.8 Å². The fourth-order valence-electron chi connectivity index (χ4n) is 2.70. The maximum Gasteiger partial charge on any atom is 0.195 e. The highest BCUT2D eigenvalue weighted by atomic mass is 16.5. The van der Waals surface area contributed by atoms with E-state index in [1.165, 1.54) is 39.0 Å². The van der Waals surface area contributed by atoms with E-state index >= 15 is 0 Å². The lowest BCUT2D eigenvalue weighted by molar-refractivity contribution is 0.0988. The summed E-state index contributed by atoms with van der Waals surface area (Å²) in [5, 5.41) is 0.964. The zero-order valence-electron chi connectivity index (χ0n) is 13.9. The average Bonchev–Trinajstić information content (AvgIpc) is 2.83. The molecule has 0 aliphatic heterocycles. The lowest BCUT2D eigenvalue weighted by Gasteiger charge is -2.06. The summed E-state index contributed by atoms with van der Waals surface area (Å²) >= 11 is 0. The lowest BCUT2D eigenvalue weighted by atomic mass is 10.1. The number of furan rings is 1. The second kappa shape index (κ2) is 8.02. The average molecular weight is 302 g/mol. The van der Waals surface area contributed by atoms with E-state index in [1.54, 1.807) is 0 Å². The number of unbranched alkanes of at least 4 members (excludes halogenated alkanes) is 5. The Labute approximate surface area is 132 Å². The van der Waals surface area contributed by atoms with Gasteiger partial charge in [-0.2, -0.15) is 0 Å². The van der Waals surface area contributed by atoms with Gasteiger partial charge in [-0.15, -0.1) is 0 Å². The number of aryl methyl sites for hydroxylation is 1. The first-order valence-electron chi connectivity index (χ1n) is 8.30.